The lowest BCUT2D eigenvalue weighted by Crippen LogP contribution is -2.38. The Morgan fingerprint density at radius 2 is 2.14 bits per heavy atom. The van der Waals surface area contributed by atoms with Gasteiger partial charge in [-0.15, -0.1) is 0 Å². The van der Waals surface area contributed by atoms with Crippen molar-refractivity contribution in [3.05, 3.63) is 68.7 Å². The molecule has 1 aliphatic rings. The van der Waals surface area contributed by atoms with Crippen molar-refractivity contribution in [2.45, 2.75) is 31.9 Å². The number of aromatic amines is 1. The molecule has 1 fully saturated rings. The zero-order valence-corrected chi connectivity index (χ0v) is 20.3. The third-order valence-corrected chi connectivity index (χ3v) is 6.49. The van der Waals surface area contributed by atoms with Gasteiger partial charge in [-0.3, -0.25) is 9.59 Å². The molecule has 3 aromatic rings. The van der Waals surface area contributed by atoms with E-state index in [1.54, 1.807) is 0 Å². The number of carbonyl (C=O) groups excluding carboxylic acids is 1. The number of amides is 1. The standard InChI is InChI=1S/C25H23ClF2N4O5/c26-16-9-14(1-2-17(16)27)10-30-24(35)22-31-19-4-3-18(28)21(20(19)23(34)32-22)36-8-6-15-5-7-25(11-29,12-33)13-37-15/h1-4,9,15,33H,5-8,10,12-13H2,(H,30,35)(H,31,32,34). The minimum atomic E-state index is -0.909. The number of halogens is 3. The summed E-state index contributed by atoms with van der Waals surface area (Å²) in [5.74, 6) is -2.63. The maximum absolute atomic E-state index is 14.6. The first-order valence-electron chi connectivity index (χ1n) is 11.5. The van der Waals surface area contributed by atoms with E-state index in [9.17, 15) is 28.7 Å². The highest BCUT2D eigenvalue weighted by Crippen LogP contribution is 2.32. The minimum absolute atomic E-state index is 0.00931. The highest BCUT2D eigenvalue weighted by atomic mass is 35.5. The van der Waals surface area contributed by atoms with Gasteiger partial charge in [0.15, 0.2) is 17.4 Å². The molecule has 1 amide bonds. The van der Waals surface area contributed by atoms with E-state index >= 15 is 0 Å². The van der Waals surface area contributed by atoms with Crippen LogP contribution in [0.4, 0.5) is 8.78 Å². The summed E-state index contributed by atoms with van der Waals surface area (Å²) in [6.07, 6.45) is 1.13. The molecule has 1 aliphatic heterocycles. The molecule has 0 radical (unpaired) electrons. The molecule has 2 atom stereocenters. The first kappa shape index (κ1) is 26.5. The van der Waals surface area contributed by atoms with E-state index in [4.69, 9.17) is 21.1 Å². The van der Waals surface area contributed by atoms with Gasteiger partial charge in [0.05, 0.1) is 42.5 Å². The van der Waals surface area contributed by atoms with Crippen molar-refractivity contribution in [2.75, 3.05) is 19.8 Å². The van der Waals surface area contributed by atoms with Gasteiger partial charge in [0.25, 0.3) is 11.5 Å². The Morgan fingerprint density at radius 3 is 2.81 bits per heavy atom. The van der Waals surface area contributed by atoms with Gasteiger partial charge in [-0.2, -0.15) is 5.26 Å². The quantitative estimate of drug-likeness (QED) is 0.405. The van der Waals surface area contributed by atoms with Crippen molar-refractivity contribution in [1.29, 1.82) is 5.26 Å². The monoisotopic (exact) mass is 532 g/mol. The van der Waals surface area contributed by atoms with E-state index in [-0.39, 0.29) is 60.0 Å². The van der Waals surface area contributed by atoms with Crippen molar-refractivity contribution >= 4 is 28.4 Å². The van der Waals surface area contributed by atoms with E-state index < -0.39 is 28.5 Å². The summed E-state index contributed by atoms with van der Waals surface area (Å²) in [5, 5.41) is 21.0. The average Bonchev–Trinajstić information content (AvgIpc) is 2.90. The summed E-state index contributed by atoms with van der Waals surface area (Å²) < 4.78 is 39.1. The molecule has 9 nitrogen and oxygen atoms in total. The topological polar surface area (TPSA) is 137 Å². The van der Waals surface area contributed by atoms with Crippen LogP contribution in [0.1, 0.15) is 35.4 Å². The first-order chi connectivity index (χ1) is 17.7. The molecule has 1 saturated heterocycles. The van der Waals surface area contributed by atoms with Gasteiger partial charge in [-0.1, -0.05) is 17.7 Å². The van der Waals surface area contributed by atoms with E-state index in [1.807, 2.05) is 0 Å². The average molecular weight is 533 g/mol. The SMILES string of the molecule is N#CC1(CO)CCC(CCOc2c(F)ccc3nc(C(=O)NCc4ccc(F)c(Cl)c4)[nH]c(=O)c23)OC1. The lowest BCUT2D eigenvalue weighted by atomic mass is 9.83. The van der Waals surface area contributed by atoms with Crippen LogP contribution in [0.5, 0.6) is 5.75 Å². The number of nitrogens with zero attached hydrogens (tertiary/aromatic N) is 2. The zero-order valence-electron chi connectivity index (χ0n) is 19.5. The Labute approximate surface area is 215 Å². The number of nitrogens with one attached hydrogen (secondary N) is 2. The van der Waals surface area contributed by atoms with Crippen molar-refractivity contribution in [3.8, 4) is 11.8 Å². The maximum atomic E-state index is 14.6. The molecule has 0 bridgehead atoms. The van der Waals surface area contributed by atoms with Crippen LogP contribution in [-0.2, 0) is 11.3 Å². The van der Waals surface area contributed by atoms with Crippen molar-refractivity contribution in [1.82, 2.24) is 15.3 Å². The van der Waals surface area contributed by atoms with Crippen LogP contribution in [0, 0.1) is 28.4 Å². The number of hydrogen-bond donors (Lipinski definition) is 3. The number of aliphatic hydroxyl groups excluding tert-OH is 1. The molecule has 194 valence electrons. The summed E-state index contributed by atoms with van der Waals surface area (Å²) >= 11 is 5.75. The predicted octanol–water partition coefficient (Wildman–Crippen LogP) is 3.23. The van der Waals surface area contributed by atoms with Crippen LogP contribution in [0.15, 0.2) is 35.1 Å². The number of hydrogen-bond acceptors (Lipinski definition) is 7. The minimum Gasteiger partial charge on any atom is -0.489 e. The second-order valence-electron chi connectivity index (χ2n) is 8.78. The Balaban J connectivity index is 1.43. The smallest absolute Gasteiger partial charge is 0.287 e. The van der Waals surface area contributed by atoms with Crippen LogP contribution in [0.2, 0.25) is 5.02 Å². The van der Waals surface area contributed by atoms with Gasteiger partial charge in [0.2, 0.25) is 0 Å². The molecule has 0 spiro atoms. The van der Waals surface area contributed by atoms with Gasteiger partial charge >= 0.3 is 0 Å². The van der Waals surface area contributed by atoms with E-state index in [0.29, 0.717) is 24.8 Å². The summed E-state index contributed by atoms with van der Waals surface area (Å²) in [4.78, 5) is 31.8. The zero-order chi connectivity index (χ0) is 26.6. The molecule has 0 saturated carbocycles. The summed E-state index contributed by atoms with van der Waals surface area (Å²) in [6.45, 7) is -0.156. The third kappa shape index (κ3) is 5.88. The highest BCUT2D eigenvalue weighted by molar-refractivity contribution is 6.30. The van der Waals surface area contributed by atoms with Gasteiger partial charge in [0, 0.05) is 13.0 Å². The number of rotatable bonds is 8. The van der Waals surface area contributed by atoms with Crippen LogP contribution in [0.3, 0.4) is 0 Å². The van der Waals surface area contributed by atoms with E-state index in [2.05, 4.69) is 21.4 Å². The second kappa shape index (κ2) is 11.2. The van der Waals surface area contributed by atoms with E-state index in [1.165, 1.54) is 24.3 Å². The van der Waals surface area contributed by atoms with Gasteiger partial charge in [0.1, 0.15) is 16.6 Å². The summed E-state index contributed by atoms with van der Waals surface area (Å²) in [7, 11) is 0. The second-order valence-corrected chi connectivity index (χ2v) is 9.18. The number of aromatic nitrogens is 2. The van der Waals surface area contributed by atoms with Gasteiger partial charge in [-0.05, 0) is 42.7 Å². The van der Waals surface area contributed by atoms with Crippen LogP contribution >= 0.6 is 11.6 Å². The van der Waals surface area contributed by atoms with E-state index in [0.717, 1.165) is 6.07 Å². The Hall–Kier alpha value is -3.59. The molecular weight excluding hydrogens is 510 g/mol. The summed E-state index contributed by atoms with van der Waals surface area (Å²) in [6, 6.07) is 8.44. The number of fused-ring (bicyclic) bond motifs is 1. The normalized spacial score (nSPS) is 19.4. The lowest BCUT2D eigenvalue weighted by molar-refractivity contribution is -0.0643. The molecule has 4 rings (SSSR count). The number of ether oxygens (including phenoxy) is 2. The lowest BCUT2D eigenvalue weighted by Gasteiger charge is -2.33. The molecule has 3 N–H and O–H groups in total. The largest absolute Gasteiger partial charge is 0.489 e. The van der Waals surface area contributed by atoms with Gasteiger partial charge in [-0.25, -0.2) is 13.8 Å². The fraction of sp³-hybridized carbons (Fsp3) is 0.360. The Morgan fingerprint density at radius 1 is 1.35 bits per heavy atom. The first-order valence-corrected chi connectivity index (χ1v) is 11.8. The third-order valence-electron chi connectivity index (χ3n) is 6.20. The fourth-order valence-corrected chi connectivity index (χ4v) is 4.18. The van der Waals surface area contributed by atoms with Gasteiger partial charge < -0.3 is 24.9 Å². The highest BCUT2D eigenvalue weighted by Gasteiger charge is 2.35. The molecule has 2 unspecified atom stereocenters. The molecule has 12 heteroatoms. The number of benzene rings is 2. The molecule has 2 heterocycles. The number of H-pyrrole nitrogens is 1. The van der Waals surface area contributed by atoms with Crippen LogP contribution < -0.4 is 15.6 Å². The Bertz CT molecular complexity index is 1420. The van der Waals surface area contributed by atoms with Crippen molar-refractivity contribution in [3.63, 3.8) is 0 Å². The Kier molecular flexibility index (Phi) is 8.02. The summed E-state index contributed by atoms with van der Waals surface area (Å²) in [5.41, 5.74) is -1.07. The molecule has 2 aromatic carbocycles. The molecular formula is C25H23ClF2N4O5. The fourth-order valence-electron chi connectivity index (χ4n) is 3.98. The number of carbonyl (C=O) groups is 1. The molecule has 1 aromatic heterocycles. The molecule has 37 heavy (non-hydrogen) atoms. The van der Waals surface area contributed by atoms with Crippen LogP contribution in [-0.4, -0.2) is 46.9 Å². The number of nitriles is 1. The number of aliphatic hydroxyl groups is 1. The van der Waals surface area contributed by atoms with Crippen molar-refractivity contribution < 1.29 is 28.2 Å². The molecule has 0 aliphatic carbocycles. The predicted molar refractivity (Wildman–Crippen MR) is 129 cm³/mol. The van der Waals surface area contributed by atoms with Crippen molar-refractivity contribution in [2.24, 2.45) is 5.41 Å². The maximum Gasteiger partial charge on any atom is 0.287 e. The van der Waals surface area contributed by atoms with Crippen LogP contribution in [0.25, 0.3) is 10.9 Å².